The Balaban J connectivity index is 1.57. The lowest BCUT2D eigenvalue weighted by molar-refractivity contribution is 0.0614. The van der Waals surface area contributed by atoms with Crippen molar-refractivity contribution in [3.63, 3.8) is 0 Å². The highest BCUT2D eigenvalue weighted by atomic mass is 19.1. The van der Waals surface area contributed by atoms with Crippen LogP contribution in [-0.2, 0) is 13.2 Å². The van der Waals surface area contributed by atoms with Gasteiger partial charge in [-0.3, -0.25) is 24.1 Å². The number of hydrogen-bond donors (Lipinski definition) is 1. The van der Waals surface area contributed by atoms with Crippen LogP contribution in [0.2, 0.25) is 0 Å². The second-order valence-corrected chi connectivity index (χ2v) is 9.29. The molecule has 2 atom stereocenters. The van der Waals surface area contributed by atoms with E-state index in [0.717, 1.165) is 11.6 Å². The minimum absolute atomic E-state index is 0.0113. The monoisotopic (exact) mass is 538 g/mol. The molecule has 0 saturated heterocycles. The fourth-order valence-electron chi connectivity index (χ4n) is 4.57. The molecule has 1 N–H and O–H groups in total. The molecule has 0 saturated carbocycles. The molecule has 2 aliphatic rings. The zero-order chi connectivity index (χ0) is 27.7. The third kappa shape index (κ3) is 4.99. The zero-order valence-corrected chi connectivity index (χ0v) is 20.9. The summed E-state index contributed by atoms with van der Waals surface area (Å²) in [7, 11) is 0. The molecule has 2 amide bonds. The van der Waals surface area contributed by atoms with Crippen LogP contribution >= 0.6 is 0 Å². The number of benzene rings is 2. The number of hydrogen-bond acceptors (Lipinski definition) is 5. The Labute approximate surface area is 221 Å². The van der Waals surface area contributed by atoms with Gasteiger partial charge in [-0.05, 0) is 18.6 Å². The Kier molecular flexibility index (Phi) is 7.14. The van der Waals surface area contributed by atoms with E-state index in [1.165, 1.54) is 21.8 Å². The normalized spacial score (nSPS) is 18.0. The molecule has 0 fully saturated rings. The average molecular weight is 539 g/mol. The van der Waals surface area contributed by atoms with Crippen molar-refractivity contribution < 1.29 is 27.5 Å². The van der Waals surface area contributed by atoms with Crippen LogP contribution in [0.25, 0.3) is 0 Å². The lowest BCUT2D eigenvalue weighted by Gasteiger charge is -2.42. The maximum Gasteiger partial charge on any atom is 0.278 e. The molecule has 5 rings (SSSR count). The van der Waals surface area contributed by atoms with Gasteiger partial charge in [-0.2, -0.15) is 0 Å². The number of carbonyl (C=O) groups is 2. The van der Waals surface area contributed by atoms with E-state index in [-0.39, 0.29) is 48.4 Å². The van der Waals surface area contributed by atoms with Gasteiger partial charge in [0.15, 0.2) is 11.4 Å². The smallest absolute Gasteiger partial charge is 0.278 e. The van der Waals surface area contributed by atoms with Crippen molar-refractivity contribution in [1.29, 1.82) is 0 Å². The Morgan fingerprint density at radius 3 is 2.59 bits per heavy atom. The van der Waals surface area contributed by atoms with E-state index in [0.29, 0.717) is 6.07 Å². The van der Waals surface area contributed by atoms with Crippen molar-refractivity contribution in [3.05, 3.63) is 111 Å². The van der Waals surface area contributed by atoms with Gasteiger partial charge in [-0.15, -0.1) is 0 Å². The highest BCUT2D eigenvalue weighted by Crippen LogP contribution is 2.28. The lowest BCUT2D eigenvalue weighted by atomic mass is 10.1. The molecule has 11 heteroatoms. The lowest BCUT2D eigenvalue weighted by Crippen LogP contribution is -2.58. The Morgan fingerprint density at radius 2 is 1.87 bits per heavy atom. The second-order valence-electron chi connectivity index (χ2n) is 9.29. The largest absolute Gasteiger partial charge is 0.482 e. The van der Waals surface area contributed by atoms with Crippen molar-refractivity contribution in [2.75, 3.05) is 18.4 Å². The van der Waals surface area contributed by atoms with Gasteiger partial charge in [-0.1, -0.05) is 48.6 Å². The van der Waals surface area contributed by atoms with Crippen LogP contribution in [0.4, 0.5) is 13.2 Å². The molecule has 3 aromatic rings. The summed E-state index contributed by atoms with van der Waals surface area (Å²) < 4.78 is 48.5. The number of pyridine rings is 1. The number of nitrogens with one attached hydrogen (secondary N) is 1. The van der Waals surface area contributed by atoms with Crippen LogP contribution in [0.5, 0.6) is 5.75 Å². The van der Waals surface area contributed by atoms with Gasteiger partial charge in [-0.25, -0.2) is 13.2 Å². The Morgan fingerprint density at radius 1 is 1.10 bits per heavy atom. The topological polar surface area (TPSA) is 83.9 Å². The molecule has 0 radical (unpaired) electrons. The van der Waals surface area contributed by atoms with Crippen LogP contribution in [-0.4, -0.2) is 46.8 Å². The number of fused-ring (bicyclic) bond motifs is 4. The highest BCUT2D eigenvalue weighted by Gasteiger charge is 2.40. The van der Waals surface area contributed by atoms with Crippen molar-refractivity contribution in [2.24, 2.45) is 0 Å². The van der Waals surface area contributed by atoms with Crippen LogP contribution in [0.3, 0.4) is 0 Å². The van der Waals surface area contributed by atoms with E-state index in [2.05, 4.69) is 5.32 Å². The number of halogens is 3. The molecule has 2 aromatic carbocycles. The van der Waals surface area contributed by atoms with Crippen molar-refractivity contribution in [2.45, 2.75) is 32.2 Å². The van der Waals surface area contributed by atoms with Crippen molar-refractivity contribution in [3.8, 4) is 5.75 Å². The first-order valence-corrected chi connectivity index (χ1v) is 12.3. The molecule has 1 aromatic heterocycles. The number of carbonyl (C=O) groups excluding carboxylic acids is 2. The predicted octanol–water partition coefficient (Wildman–Crippen LogP) is 3.28. The molecule has 2 unspecified atom stereocenters. The number of rotatable bonds is 7. The Bertz CT molecular complexity index is 1510. The summed E-state index contributed by atoms with van der Waals surface area (Å²) in [5.41, 5.74) is -0.570. The maximum atomic E-state index is 14.1. The van der Waals surface area contributed by atoms with Gasteiger partial charge >= 0.3 is 0 Å². The van der Waals surface area contributed by atoms with E-state index in [1.54, 1.807) is 41.4 Å². The molecule has 0 aliphatic carbocycles. The summed E-state index contributed by atoms with van der Waals surface area (Å²) in [5, 5.41) is 4.19. The molecule has 202 valence electrons. The standard InChI is InChI=1S/C28H25F3N4O4/c1-17-7-10-21(12-29)33-16-35(17)34-14-22(27(37)32-13-19-8-9-20(30)11-23(19)31)25(36)26(24(34)28(33)38)39-15-18-5-3-2-4-6-18/h2-11,14,17,21H,12-13,15-16H2,1H3,(H,32,37). The van der Waals surface area contributed by atoms with E-state index in [1.807, 2.05) is 13.0 Å². The minimum Gasteiger partial charge on any atom is -0.482 e. The molecule has 0 spiro atoms. The summed E-state index contributed by atoms with van der Waals surface area (Å²) in [6.45, 7) is 0.655. The fourth-order valence-corrected chi connectivity index (χ4v) is 4.57. The van der Waals surface area contributed by atoms with Crippen LogP contribution in [0, 0.1) is 11.6 Å². The summed E-state index contributed by atoms with van der Waals surface area (Å²) in [4.78, 5) is 41.7. The van der Waals surface area contributed by atoms with Gasteiger partial charge in [0.1, 0.15) is 37.1 Å². The highest BCUT2D eigenvalue weighted by molar-refractivity contribution is 5.99. The quantitative estimate of drug-likeness (QED) is 0.467. The number of amides is 2. The SMILES string of the molecule is CC1C=CC(CF)N2CN1n1cc(C(=O)NCc3ccc(F)cc3F)c(=O)c(OCc3ccccc3)c1C2=O. The van der Waals surface area contributed by atoms with Gasteiger partial charge in [0.2, 0.25) is 5.43 Å². The van der Waals surface area contributed by atoms with Gasteiger partial charge in [0.05, 0.1) is 12.1 Å². The number of nitrogens with zero attached hydrogens (tertiary/aromatic N) is 3. The van der Waals surface area contributed by atoms with Gasteiger partial charge in [0.25, 0.3) is 11.8 Å². The van der Waals surface area contributed by atoms with Crippen molar-refractivity contribution >= 4 is 11.8 Å². The third-order valence-corrected chi connectivity index (χ3v) is 6.75. The average Bonchev–Trinajstić information content (AvgIpc) is 3.08. The number of aromatic nitrogens is 1. The first-order chi connectivity index (χ1) is 18.8. The number of alkyl halides is 1. The van der Waals surface area contributed by atoms with E-state index >= 15 is 0 Å². The minimum atomic E-state index is -0.846. The van der Waals surface area contributed by atoms with Crippen LogP contribution in [0.1, 0.15) is 38.9 Å². The maximum absolute atomic E-state index is 14.1. The van der Waals surface area contributed by atoms with E-state index in [4.69, 9.17) is 4.74 Å². The number of ether oxygens (including phenoxy) is 1. The molecule has 2 aliphatic heterocycles. The summed E-state index contributed by atoms with van der Waals surface area (Å²) in [5.74, 6) is -3.41. The zero-order valence-electron chi connectivity index (χ0n) is 20.9. The molecule has 2 bridgehead atoms. The first-order valence-electron chi connectivity index (χ1n) is 12.3. The molecule has 39 heavy (non-hydrogen) atoms. The summed E-state index contributed by atoms with van der Waals surface area (Å²) >= 11 is 0. The van der Waals surface area contributed by atoms with Crippen LogP contribution in [0.15, 0.2) is 71.7 Å². The molecular weight excluding hydrogens is 513 g/mol. The molecule has 3 heterocycles. The summed E-state index contributed by atoms with van der Waals surface area (Å²) in [6, 6.07) is 10.7. The third-order valence-electron chi connectivity index (χ3n) is 6.75. The van der Waals surface area contributed by atoms with Crippen molar-refractivity contribution in [1.82, 2.24) is 14.9 Å². The Hall–Kier alpha value is -4.54. The van der Waals surface area contributed by atoms with Crippen LogP contribution < -0.4 is 20.5 Å². The van der Waals surface area contributed by atoms with E-state index in [9.17, 15) is 27.6 Å². The summed E-state index contributed by atoms with van der Waals surface area (Å²) in [6.07, 6.45) is 4.58. The predicted molar refractivity (Wildman–Crippen MR) is 137 cm³/mol. The fraction of sp³-hybridized carbons (Fsp3) is 0.250. The van der Waals surface area contributed by atoms with Gasteiger partial charge in [0, 0.05) is 24.4 Å². The second kappa shape index (κ2) is 10.7. The molecule has 8 nitrogen and oxygen atoms in total. The van der Waals surface area contributed by atoms with E-state index < -0.39 is 41.6 Å². The first kappa shape index (κ1) is 26.1. The molecular formula is C28H25F3N4O4. The van der Waals surface area contributed by atoms with Gasteiger partial charge < -0.3 is 15.0 Å².